The smallest absolute Gasteiger partial charge is 0.297 e. The lowest BCUT2D eigenvalue weighted by atomic mass is 10.1. The predicted octanol–water partition coefficient (Wildman–Crippen LogP) is 5.47. The van der Waals surface area contributed by atoms with Crippen molar-refractivity contribution in [2.75, 3.05) is 5.32 Å². The van der Waals surface area contributed by atoms with Gasteiger partial charge in [0, 0.05) is 31.8 Å². The summed E-state index contributed by atoms with van der Waals surface area (Å²) in [4.78, 5) is 32.7. The first-order valence-electron chi connectivity index (χ1n) is 13.1. The SMILES string of the molecule is Cn1c(-c2ccccc2)nc(Cl)c(OCc2ccccc2C#N)c1=O.Cn1cnc(Cl)c(CNc2ccccc2C#N)c1=O. The molecular weight excluding hydrogens is 601 g/mol. The third kappa shape index (κ3) is 7.31. The number of rotatable bonds is 7. The largest absolute Gasteiger partial charge is 0.481 e. The summed E-state index contributed by atoms with van der Waals surface area (Å²) in [5.74, 6) is 0.428. The first kappa shape index (κ1) is 31.5. The highest BCUT2D eigenvalue weighted by molar-refractivity contribution is 6.31. The van der Waals surface area contributed by atoms with Crippen LogP contribution in [0.4, 0.5) is 5.69 Å². The molecule has 0 atom stereocenters. The molecule has 44 heavy (non-hydrogen) atoms. The van der Waals surface area contributed by atoms with Crippen molar-refractivity contribution in [3.8, 4) is 29.3 Å². The molecule has 0 aliphatic rings. The molecule has 5 aromatic rings. The molecule has 220 valence electrons. The van der Waals surface area contributed by atoms with E-state index in [-0.39, 0.29) is 40.3 Å². The van der Waals surface area contributed by atoms with Gasteiger partial charge in [-0.3, -0.25) is 14.2 Å². The summed E-state index contributed by atoms with van der Waals surface area (Å²) >= 11 is 12.1. The van der Waals surface area contributed by atoms with Gasteiger partial charge < -0.3 is 14.6 Å². The van der Waals surface area contributed by atoms with Gasteiger partial charge in [0.2, 0.25) is 5.75 Å². The fourth-order valence-electron chi connectivity index (χ4n) is 4.06. The Morgan fingerprint density at radius 1 is 0.841 bits per heavy atom. The normalized spacial score (nSPS) is 10.1. The lowest BCUT2D eigenvalue weighted by Crippen LogP contribution is -2.23. The number of benzene rings is 3. The predicted molar refractivity (Wildman–Crippen MR) is 168 cm³/mol. The zero-order valence-corrected chi connectivity index (χ0v) is 25.2. The second-order valence-corrected chi connectivity index (χ2v) is 10.0. The number of anilines is 1. The third-order valence-corrected chi connectivity index (χ3v) is 7.01. The maximum Gasteiger partial charge on any atom is 0.297 e. The van der Waals surface area contributed by atoms with Crippen LogP contribution in [0.25, 0.3) is 11.4 Å². The van der Waals surface area contributed by atoms with Crippen LogP contribution in [0.3, 0.4) is 0 Å². The van der Waals surface area contributed by atoms with Gasteiger partial charge >= 0.3 is 0 Å². The third-order valence-electron chi connectivity index (χ3n) is 6.42. The van der Waals surface area contributed by atoms with E-state index in [1.165, 1.54) is 15.5 Å². The van der Waals surface area contributed by atoms with Crippen molar-refractivity contribution in [3.63, 3.8) is 0 Å². The van der Waals surface area contributed by atoms with E-state index < -0.39 is 0 Å². The van der Waals surface area contributed by atoms with Crippen molar-refractivity contribution >= 4 is 28.9 Å². The van der Waals surface area contributed by atoms with Crippen LogP contribution in [-0.2, 0) is 27.2 Å². The first-order valence-corrected chi connectivity index (χ1v) is 13.9. The number of nitrogens with zero attached hydrogens (tertiary/aromatic N) is 6. The molecule has 0 radical (unpaired) electrons. The van der Waals surface area contributed by atoms with Crippen molar-refractivity contribution < 1.29 is 4.74 Å². The topological polar surface area (TPSA) is 139 Å². The second kappa shape index (κ2) is 14.7. The molecule has 5 rings (SSSR count). The van der Waals surface area contributed by atoms with Crippen molar-refractivity contribution in [3.05, 3.63) is 138 Å². The van der Waals surface area contributed by atoms with E-state index in [1.807, 2.05) is 36.4 Å². The van der Waals surface area contributed by atoms with E-state index in [0.717, 1.165) is 5.56 Å². The lowest BCUT2D eigenvalue weighted by molar-refractivity contribution is 0.298. The van der Waals surface area contributed by atoms with Crippen LogP contribution in [0, 0.1) is 22.7 Å². The summed E-state index contributed by atoms with van der Waals surface area (Å²) in [6.45, 7) is 0.281. The molecule has 2 heterocycles. The molecule has 2 aromatic heterocycles. The standard InChI is InChI=1S/C19H14ClN3O2.C13H11ClN4O/c1-23-18(13-7-3-2-4-8-13)22-17(20)16(19(23)24)25-12-15-10-6-5-9-14(15)11-21;1-18-8-17-12(14)10(13(18)19)7-16-11-5-3-2-4-9(11)6-15/h2-10H,12H2,1H3;2-5,8,16H,7H2,1H3. The van der Waals surface area contributed by atoms with E-state index in [4.69, 9.17) is 38.5 Å². The fraction of sp³-hybridized carbons (Fsp3) is 0.125. The Balaban J connectivity index is 0.000000209. The molecule has 0 fully saturated rings. The Morgan fingerprint density at radius 2 is 1.48 bits per heavy atom. The van der Waals surface area contributed by atoms with Crippen molar-refractivity contribution in [2.45, 2.75) is 13.2 Å². The maximum atomic E-state index is 12.6. The van der Waals surface area contributed by atoms with Gasteiger partial charge in [0.05, 0.1) is 34.8 Å². The number of para-hydroxylation sites is 1. The average molecular weight is 627 g/mol. The number of nitriles is 2. The highest BCUT2D eigenvalue weighted by Gasteiger charge is 2.16. The number of hydrogen-bond donors (Lipinski definition) is 1. The van der Waals surface area contributed by atoms with Crippen LogP contribution in [0.2, 0.25) is 10.3 Å². The Bertz CT molecular complexity index is 2000. The van der Waals surface area contributed by atoms with Crippen LogP contribution in [0.5, 0.6) is 5.75 Å². The van der Waals surface area contributed by atoms with E-state index in [9.17, 15) is 9.59 Å². The molecule has 0 amide bonds. The summed E-state index contributed by atoms with van der Waals surface area (Å²) in [5, 5.41) is 21.3. The Hall–Kier alpha value is -5.42. The highest BCUT2D eigenvalue weighted by Crippen LogP contribution is 2.24. The molecule has 10 nitrogen and oxygen atoms in total. The summed E-state index contributed by atoms with van der Waals surface area (Å²) in [7, 11) is 3.22. The first-order chi connectivity index (χ1) is 21.2. The van der Waals surface area contributed by atoms with Gasteiger partial charge in [-0.05, 0) is 18.2 Å². The fourth-order valence-corrected chi connectivity index (χ4v) is 4.47. The number of aromatic nitrogens is 4. The molecule has 0 aliphatic carbocycles. The molecule has 3 aromatic carbocycles. The van der Waals surface area contributed by atoms with Crippen LogP contribution in [-0.4, -0.2) is 19.1 Å². The number of hydrogen-bond acceptors (Lipinski definition) is 8. The lowest BCUT2D eigenvalue weighted by Gasteiger charge is -2.12. The minimum absolute atomic E-state index is 0.00334. The number of halogens is 2. The van der Waals surface area contributed by atoms with Gasteiger partial charge in [0.1, 0.15) is 23.7 Å². The van der Waals surface area contributed by atoms with Gasteiger partial charge in [0.15, 0.2) is 5.15 Å². The molecule has 0 unspecified atom stereocenters. The molecule has 0 saturated carbocycles. The van der Waals surface area contributed by atoms with E-state index in [2.05, 4.69) is 27.4 Å². The maximum absolute atomic E-state index is 12.6. The zero-order valence-electron chi connectivity index (χ0n) is 23.7. The summed E-state index contributed by atoms with van der Waals surface area (Å²) in [5.41, 5.74) is 2.91. The number of aryl methyl sites for hydroxylation is 1. The van der Waals surface area contributed by atoms with Crippen LogP contribution in [0.1, 0.15) is 22.3 Å². The van der Waals surface area contributed by atoms with Gasteiger partial charge in [-0.15, -0.1) is 0 Å². The summed E-state index contributed by atoms with van der Waals surface area (Å²) < 4.78 is 8.34. The van der Waals surface area contributed by atoms with Crippen molar-refractivity contribution in [1.82, 2.24) is 19.1 Å². The van der Waals surface area contributed by atoms with Gasteiger partial charge in [0.25, 0.3) is 11.1 Å². The molecule has 12 heteroatoms. The molecular formula is C32H25Cl2N7O3. The molecule has 0 spiro atoms. The molecule has 0 bridgehead atoms. The van der Waals surface area contributed by atoms with Crippen LogP contribution in [0.15, 0.2) is 94.8 Å². The minimum Gasteiger partial charge on any atom is -0.481 e. The molecule has 1 N–H and O–H groups in total. The Kier molecular flexibility index (Phi) is 10.5. The van der Waals surface area contributed by atoms with E-state index in [1.54, 1.807) is 56.6 Å². The van der Waals surface area contributed by atoms with Gasteiger partial charge in [-0.1, -0.05) is 83.9 Å². The summed E-state index contributed by atoms with van der Waals surface area (Å²) in [6, 6.07) is 27.6. The summed E-state index contributed by atoms with van der Waals surface area (Å²) in [6.07, 6.45) is 1.37. The Morgan fingerprint density at radius 3 is 2.18 bits per heavy atom. The quantitative estimate of drug-likeness (QED) is 0.235. The number of ether oxygens (including phenoxy) is 1. The van der Waals surface area contributed by atoms with Gasteiger partial charge in [-0.25, -0.2) is 9.97 Å². The van der Waals surface area contributed by atoms with E-state index in [0.29, 0.717) is 33.8 Å². The molecule has 0 saturated heterocycles. The highest BCUT2D eigenvalue weighted by atomic mass is 35.5. The minimum atomic E-state index is -0.381. The van der Waals surface area contributed by atoms with Crippen molar-refractivity contribution in [2.24, 2.45) is 14.1 Å². The van der Waals surface area contributed by atoms with Crippen LogP contribution < -0.4 is 21.2 Å². The van der Waals surface area contributed by atoms with Gasteiger partial charge in [-0.2, -0.15) is 10.5 Å². The average Bonchev–Trinajstić information content (AvgIpc) is 3.05. The van der Waals surface area contributed by atoms with Crippen molar-refractivity contribution in [1.29, 1.82) is 10.5 Å². The zero-order chi connectivity index (χ0) is 31.6. The molecule has 0 aliphatic heterocycles. The monoisotopic (exact) mass is 625 g/mol. The number of nitrogens with one attached hydrogen (secondary N) is 1. The second-order valence-electron chi connectivity index (χ2n) is 9.28. The van der Waals surface area contributed by atoms with Crippen LogP contribution >= 0.6 is 23.2 Å². The Labute approximate surface area is 263 Å². The van der Waals surface area contributed by atoms with E-state index >= 15 is 0 Å².